The standard InChI is InChI=1S/C17H23N/c1-5-8-13(3)11-15(6-2)17-14(4)9-7-10-16(17)12-18/h5,7-11H,1,6,12,18H2,2-4H3/b13-8-,15-11+. The highest BCUT2D eigenvalue weighted by molar-refractivity contribution is 5.72. The zero-order valence-corrected chi connectivity index (χ0v) is 11.7. The molecule has 1 aromatic carbocycles. The largest absolute Gasteiger partial charge is 0.326 e. The van der Waals surface area contributed by atoms with Crippen LogP contribution in [0.2, 0.25) is 0 Å². The quantitative estimate of drug-likeness (QED) is 0.761. The van der Waals surface area contributed by atoms with Gasteiger partial charge in [-0.1, -0.05) is 55.5 Å². The molecule has 0 aromatic heterocycles. The van der Waals surface area contributed by atoms with E-state index in [-0.39, 0.29) is 0 Å². The van der Waals surface area contributed by atoms with Gasteiger partial charge in [-0.25, -0.2) is 0 Å². The predicted molar refractivity (Wildman–Crippen MR) is 81.3 cm³/mol. The van der Waals surface area contributed by atoms with Gasteiger partial charge < -0.3 is 5.73 Å². The normalized spacial score (nSPS) is 12.7. The Morgan fingerprint density at radius 1 is 1.39 bits per heavy atom. The van der Waals surface area contributed by atoms with Crippen molar-refractivity contribution < 1.29 is 0 Å². The van der Waals surface area contributed by atoms with Crippen molar-refractivity contribution in [1.82, 2.24) is 0 Å². The molecule has 1 rings (SSSR count). The van der Waals surface area contributed by atoms with E-state index in [2.05, 4.69) is 51.6 Å². The molecule has 1 aromatic rings. The molecule has 0 aliphatic carbocycles. The van der Waals surface area contributed by atoms with Crippen molar-refractivity contribution in [1.29, 1.82) is 0 Å². The zero-order chi connectivity index (χ0) is 13.5. The van der Waals surface area contributed by atoms with Gasteiger partial charge in [0.15, 0.2) is 0 Å². The molecule has 0 aliphatic heterocycles. The summed E-state index contributed by atoms with van der Waals surface area (Å²) in [6, 6.07) is 6.32. The van der Waals surface area contributed by atoms with Crippen molar-refractivity contribution in [2.75, 3.05) is 0 Å². The number of allylic oxidation sites excluding steroid dienone is 5. The summed E-state index contributed by atoms with van der Waals surface area (Å²) in [5, 5.41) is 0. The molecule has 0 saturated carbocycles. The monoisotopic (exact) mass is 241 g/mol. The summed E-state index contributed by atoms with van der Waals surface area (Å²) in [6.07, 6.45) is 7.07. The van der Waals surface area contributed by atoms with Crippen LogP contribution in [0.1, 0.15) is 37.0 Å². The fourth-order valence-electron chi connectivity index (χ4n) is 2.22. The molecule has 0 atom stereocenters. The lowest BCUT2D eigenvalue weighted by Crippen LogP contribution is -2.03. The van der Waals surface area contributed by atoms with E-state index in [1.165, 1.54) is 27.8 Å². The van der Waals surface area contributed by atoms with Gasteiger partial charge in [0.1, 0.15) is 0 Å². The summed E-state index contributed by atoms with van der Waals surface area (Å²) in [7, 11) is 0. The van der Waals surface area contributed by atoms with Crippen LogP contribution in [0.3, 0.4) is 0 Å². The van der Waals surface area contributed by atoms with Gasteiger partial charge in [0.25, 0.3) is 0 Å². The summed E-state index contributed by atoms with van der Waals surface area (Å²) < 4.78 is 0. The Morgan fingerprint density at radius 3 is 2.67 bits per heavy atom. The molecule has 0 fully saturated rings. The molecule has 0 unspecified atom stereocenters. The third-order valence-electron chi connectivity index (χ3n) is 3.06. The van der Waals surface area contributed by atoms with Crippen LogP contribution >= 0.6 is 0 Å². The predicted octanol–water partition coefficient (Wildman–Crippen LogP) is 4.38. The number of nitrogens with two attached hydrogens (primary N) is 1. The fourth-order valence-corrected chi connectivity index (χ4v) is 2.22. The van der Waals surface area contributed by atoms with Crippen LogP contribution in [-0.2, 0) is 6.54 Å². The highest BCUT2D eigenvalue weighted by Gasteiger charge is 2.08. The first kappa shape index (κ1) is 14.5. The van der Waals surface area contributed by atoms with E-state index in [9.17, 15) is 0 Å². The third kappa shape index (κ3) is 3.44. The van der Waals surface area contributed by atoms with Crippen molar-refractivity contribution in [2.24, 2.45) is 5.73 Å². The van der Waals surface area contributed by atoms with Gasteiger partial charge in [0.2, 0.25) is 0 Å². The summed E-state index contributed by atoms with van der Waals surface area (Å²) in [6.45, 7) is 10.7. The average Bonchev–Trinajstić information content (AvgIpc) is 2.36. The smallest absolute Gasteiger partial charge is 0.0184 e. The lowest BCUT2D eigenvalue weighted by Gasteiger charge is -2.14. The summed E-state index contributed by atoms with van der Waals surface area (Å²) in [4.78, 5) is 0. The molecule has 0 saturated heterocycles. The average molecular weight is 241 g/mol. The molecule has 18 heavy (non-hydrogen) atoms. The number of benzene rings is 1. The minimum Gasteiger partial charge on any atom is -0.326 e. The molecule has 0 radical (unpaired) electrons. The van der Waals surface area contributed by atoms with Gasteiger partial charge in [0, 0.05) is 6.54 Å². The Labute approximate surface area is 111 Å². The summed E-state index contributed by atoms with van der Waals surface area (Å²) in [5.74, 6) is 0. The van der Waals surface area contributed by atoms with Crippen LogP contribution in [0.5, 0.6) is 0 Å². The van der Waals surface area contributed by atoms with Crippen LogP contribution in [0.15, 0.2) is 48.6 Å². The summed E-state index contributed by atoms with van der Waals surface area (Å²) in [5.41, 5.74) is 12.2. The Morgan fingerprint density at radius 2 is 2.11 bits per heavy atom. The maximum atomic E-state index is 5.84. The number of rotatable bonds is 5. The van der Waals surface area contributed by atoms with Crippen molar-refractivity contribution in [3.63, 3.8) is 0 Å². The second-order valence-electron chi connectivity index (χ2n) is 4.48. The van der Waals surface area contributed by atoms with Crippen LogP contribution in [0.4, 0.5) is 0 Å². The molecule has 1 heteroatoms. The molecule has 0 amide bonds. The van der Waals surface area contributed by atoms with Crippen LogP contribution in [0.25, 0.3) is 5.57 Å². The molecule has 0 spiro atoms. The maximum absolute atomic E-state index is 5.84. The van der Waals surface area contributed by atoms with Crippen molar-refractivity contribution in [2.45, 2.75) is 33.7 Å². The van der Waals surface area contributed by atoms with Crippen molar-refractivity contribution in [3.8, 4) is 0 Å². The third-order valence-corrected chi connectivity index (χ3v) is 3.06. The Hall–Kier alpha value is -1.60. The van der Waals surface area contributed by atoms with Gasteiger partial charge >= 0.3 is 0 Å². The number of hydrogen-bond donors (Lipinski definition) is 1. The van der Waals surface area contributed by atoms with Gasteiger partial charge in [0.05, 0.1) is 0 Å². The Kier molecular flexibility index (Phi) is 5.60. The first-order chi connectivity index (χ1) is 8.63. The van der Waals surface area contributed by atoms with Gasteiger partial charge in [-0.2, -0.15) is 0 Å². The Balaban J connectivity index is 3.33. The van der Waals surface area contributed by atoms with Gasteiger partial charge in [-0.05, 0) is 42.5 Å². The second kappa shape index (κ2) is 6.97. The van der Waals surface area contributed by atoms with Crippen molar-refractivity contribution in [3.05, 3.63) is 65.3 Å². The van der Waals surface area contributed by atoms with Crippen LogP contribution < -0.4 is 5.73 Å². The highest BCUT2D eigenvalue weighted by Crippen LogP contribution is 2.27. The molecule has 1 nitrogen and oxygen atoms in total. The Bertz CT molecular complexity index is 478. The van der Waals surface area contributed by atoms with Gasteiger partial charge in [-0.3, -0.25) is 0 Å². The van der Waals surface area contributed by atoms with Crippen LogP contribution in [0, 0.1) is 6.92 Å². The topological polar surface area (TPSA) is 26.0 Å². The SMILES string of the molecule is C=C/C=C(C)\C=C(/CC)c1c(C)cccc1CN. The lowest BCUT2D eigenvalue weighted by atomic mass is 9.92. The fraction of sp³-hybridized carbons (Fsp3) is 0.294. The highest BCUT2D eigenvalue weighted by atomic mass is 14.5. The molecule has 0 aliphatic rings. The van der Waals surface area contributed by atoms with Crippen molar-refractivity contribution >= 4 is 5.57 Å². The number of hydrogen-bond acceptors (Lipinski definition) is 1. The van der Waals surface area contributed by atoms with Crippen LogP contribution in [-0.4, -0.2) is 0 Å². The first-order valence-electron chi connectivity index (χ1n) is 6.42. The second-order valence-corrected chi connectivity index (χ2v) is 4.48. The summed E-state index contributed by atoms with van der Waals surface area (Å²) >= 11 is 0. The van der Waals surface area contributed by atoms with E-state index in [0.717, 1.165) is 6.42 Å². The molecule has 0 heterocycles. The first-order valence-corrected chi connectivity index (χ1v) is 6.42. The minimum absolute atomic E-state index is 0.582. The molecule has 0 bridgehead atoms. The zero-order valence-electron chi connectivity index (χ0n) is 11.7. The minimum atomic E-state index is 0.582. The number of aryl methyl sites for hydroxylation is 1. The molecular formula is C17H23N. The molecular weight excluding hydrogens is 218 g/mol. The van der Waals surface area contributed by atoms with E-state index >= 15 is 0 Å². The lowest BCUT2D eigenvalue weighted by molar-refractivity contribution is 1.05. The molecule has 2 N–H and O–H groups in total. The van der Waals surface area contributed by atoms with E-state index in [1.54, 1.807) is 0 Å². The van der Waals surface area contributed by atoms with E-state index in [1.807, 2.05) is 12.2 Å². The van der Waals surface area contributed by atoms with Gasteiger partial charge in [-0.15, -0.1) is 0 Å². The maximum Gasteiger partial charge on any atom is 0.0184 e. The van der Waals surface area contributed by atoms with E-state index < -0.39 is 0 Å². The molecule has 96 valence electrons. The van der Waals surface area contributed by atoms with E-state index in [4.69, 9.17) is 5.73 Å². The van der Waals surface area contributed by atoms with E-state index in [0.29, 0.717) is 6.54 Å².